The van der Waals surface area contributed by atoms with Crippen molar-refractivity contribution < 1.29 is 0 Å². The van der Waals surface area contributed by atoms with E-state index in [9.17, 15) is 5.26 Å². The molecule has 0 aromatic rings. The van der Waals surface area contributed by atoms with Crippen molar-refractivity contribution in [3.63, 3.8) is 0 Å². The Labute approximate surface area is 110 Å². The van der Waals surface area contributed by atoms with E-state index >= 15 is 0 Å². The molecule has 4 rings (SSSR count). The van der Waals surface area contributed by atoms with Gasteiger partial charge in [0.2, 0.25) is 0 Å². The van der Waals surface area contributed by atoms with Crippen LogP contribution in [0.25, 0.3) is 0 Å². The van der Waals surface area contributed by atoms with E-state index in [0.717, 1.165) is 24.2 Å². The van der Waals surface area contributed by atoms with E-state index in [1.54, 1.807) is 0 Å². The number of nitrogens with zero attached hydrogens (tertiary/aromatic N) is 2. The highest BCUT2D eigenvalue weighted by Gasteiger charge is 2.58. The topological polar surface area (TPSA) is 47.6 Å². The van der Waals surface area contributed by atoms with Gasteiger partial charge in [-0.25, -0.2) is 0 Å². The molecular formula is C16H22N2. The van der Waals surface area contributed by atoms with Crippen LogP contribution in [0, 0.1) is 51.2 Å². The van der Waals surface area contributed by atoms with Gasteiger partial charge in [0.1, 0.15) is 0 Å². The molecule has 0 amide bonds. The summed E-state index contributed by atoms with van der Waals surface area (Å²) < 4.78 is 0. The number of rotatable bonds is 3. The molecule has 0 heterocycles. The molecule has 0 spiro atoms. The van der Waals surface area contributed by atoms with Gasteiger partial charge in [-0.05, 0) is 75.0 Å². The van der Waals surface area contributed by atoms with Crippen molar-refractivity contribution in [2.75, 3.05) is 0 Å². The minimum atomic E-state index is -0.265. The lowest BCUT2D eigenvalue weighted by Crippen LogP contribution is -2.53. The fourth-order valence-electron chi connectivity index (χ4n) is 5.53. The summed E-state index contributed by atoms with van der Waals surface area (Å²) in [6.45, 7) is 2.14. The van der Waals surface area contributed by atoms with Crippen molar-refractivity contribution in [3.8, 4) is 12.1 Å². The molecule has 1 atom stereocenters. The molecule has 0 aromatic heterocycles. The minimum Gasteiger partial charge on any atom is -0.198 e. The highest BCUT2D eigenvalue weighted by molar-refractivity contribution is 5.15. The lowest BCUT2D eigenvalue weighted by Gasteiger charge is -2.61. The summed E-state index contributed by atoms with van der Waals surface area (Å²) in [7, 11) is 0. The van der Waals surface area contributed by atoms with Crippen LogP contribution in [0.2, 0.25) is 0 Å². The minimum absolute atomic E-state index is 0.243. The molecule has 1 unspecified atom stereocenters. The first-order valence-corrected chi connectivity index (χ1v) is 7.39. The molecule has 0 aliphatic heterocycles. The Balaban J connectivity index is 1.90. The normalized spacial score (nSPS) is 44.1. The van der Waals surface area contributed by atoms with Crippen LogP contribution < -0.4 is 0 Å². The van der Waals surface area contributed by atoms with Crippen LogP contribution in [0.1, 0.15) is 58.3 Å². The van der Waals surface area contributed by atoms with E-state index in [4.69, 9.17) is 5.26 Å². The van der Waals surface area contributed by atoms with E-state index in [2.05, 4.69) is 19.1 Å². The van der Waals surface area contributed by atoms with Crippen molar-refractivity contribution in [2.45, 2.75) is 58.3 Å². The van der Waals surface area contributed by atoms with Gasteiger partial charge in [-0.2, -0.15) is 10.5 Å². The maximum absolute atomic E-state index is 9.71. The molecule has 18 heavy (non-hydrogen) atoms. The first-order valence-electron chi connectivity index (χ1n) is 7.39. The molecule has 4 bridgehead atoms. The fraction of sp³-hybridized carbons (Fsp3) is 0.875. The third-order valence-corrected chi connectivity index (χ3v) is 6.19. The molecule has 2 nitrogen and oxygen atoms in total. The van der Waals surface area contributed by atoms with Gasteiger partial charge in [-0.15, -0.1) is 0 Å². The van der Waals surface area contributed by atoms with E-state index < -0.39 is 0 Å². The standard InChI is InChI=1S/C16H22N2/c1-15(11-18,3-2-4-17)16-8-12-5-13(9-16)7-14(6-12)10-16/h12-14H,2-3,5-10H2,1H3. The van der Waals surface area contributed by atoms with E-state index in [-0.39, 0.29) is 10.8 Å². The van der Waals surface area contributed by atoms with Gasteiger partial charge in [0.15, 0.2) is 0 Å². The van der Waals surface area contributed by atoms with Gasteiger partial charge >= 0.3 is 0 Å². The average Bonchev–Trinajstić information content (AvgIpc) is 2.34. The van der Waals surface area contributed by atoms with Crippen LogP contribution in [0.5, 0.6) is 0 Å². The Morgan fingerprint density at radius 1 is 1.06 bits per heavy atom. The molecule has 0 N–H and O–H groups in total. The van der Waals surface area contributed by atoms with Gasteiger partial charge in [-0.1, -0.05) is 0 Å². The summed E-state index contributed by atoms with van der Waals surface area (Å²) in [4.78, 5) is 0. The second-order valence-electron chi connectivity index (χ2n) is 7.30. The zero-order chi connectivity index (χ0) is 12.8. The third-order valence-electron chi connectivity index (χ3n) is 6.19. The predicted octanol–water partition coefficient (Wildman–Crippen LogP) is 4.04. The highest BCUT2D eigenvalue weighted by atomic mass is 14.6. The summed E-state index contributed by atoms with van der Waals surface area (Å²) in [5.74, 6) is 2.64. The second-order valence-corrected chi connectivity index (χ2v) is 7.30. The first kappa shape index (κ1) is 12.0. The van der Waals surface area contributed by atoms with Crippen molar-refractivity contribution in [1.29, 1.82) is 10.5 Å². The smallest absolute Gasteiger partial charge is 0.0693 e. The molecule has 0 aromatic carbocycles. The summed E-state index contributed by atoms with van der Waals surface area (Å²) in [6.07, 6.45) is 9.33. The van der Waals surface area contributed by atoms with E-state index in [1.165, 1.54) is 38.5 Å². The van der Waals surface area contributed by atoms with Gasteiger partial charge < -0.3 is 0 Å². The number of nitriles is 2. The molecule has 0 saturated heterocycles. The van der Waals surface area contributed by atoms with Crippen LogP contribution in [-0.4, -0.2) is 0 Å². The van der Waals surface area contributed by atoms with Crippen molar-refractivity contribution >= 4 is 0 Å². The monoisotopic (exact) mass is 242 g/mol. The van der Waals surface area contributed by atoms with Gasteiger partial charge in [0.25, 0.3) is 0 Å². The predicted molar refractivity (Wildman–Crippen MR) is 69.2 cm³/mol. The third kappa shape index (κ3) is 1.58. The number of hydrogen-bond donors (Lipinski definition) is 0. The first-order chi connectivity index (χ1) is 8.61. The molecule has 0 radical (unpaired) electrons. The van der Waals surface area contributed by atoms with Crippen molar-refractivity contribution in [3.05, 3.63) is 0 Å². The SMILES string of the molecule is CC(C#N)(CCC#N)C12CC3CC(CC(C3)C1)C2. The molecule has 4 aliphatic carbocycles. The fourth-order valence-corrected chi connectivity index (χ4v) is 5.53. The van der Waals surface area contributed by atoms with Crippen LogP contribution in [0.15, 0.2) is 0 Å². The molecule has 4 saturated carbocycles. The van der Waals surface area contributed by atoms with Crippen molar-refractivity contribution in [2.24, 2.45) is 28.6 Å². The zero-order valence-electron chi connectivity index (χ0n) is 11.3. The maximum atomic E-state index is 9.71. The van der Waals surface area contributed by atoms with Crippen molar-refractivity contribution in [1.82, 2.24) is 0 Å². The largest absolute Gasteiger partial charge is 0.198 e. The van der Waals surface area contributed by atoms with E-state index in [0.29, 0.717) is 6.42 Å². The Morgan fingerprint density at radius 3 is 1.94 bits per heavy atom. The summed E-state index contributed by atoms with van der Waals surface area (Å²) in [5.41, 5.74) is -0.0217. The van der Waals surface area contributed by atoms with Crippen LogP contribution in [0.4, 0.5) is 0 Å². The van der Waals surface area contributed by atoms with Crippen LogP contribution in [-0.2, 0) is 0 Å². The van der Waals surface area contributed by atoms with Crippen LogP contribution in [0.3, 0.4) is 0 Å². The molecule has 4 fully saturated rings. The van der Waals surface area contributed by atoms with Crippen LogP contribution >= 0.6 is 0 Å². The molecule has 96 valence electrons. The van der Waals surface area contributed by atoms with E-state index in [1.807, 2.05) is 0 Å². The Bertz CT molecular complexity index is 390. The summed E-state index contributed by atoms with van der Waals surface area (Å²) in [6, 6.07) is 4.86. The van der Waals surface area contributed by atoms with Gasteiger partial charge in [0.05, 0.1) is 17.6 Å². The summed E-state index contributed by atoms with van der Waals surface area (Å²) >= 11 is 0. The second kappa shape index (κ2) is 3.99. The maximum Gasteiger partial charge on any atom is 0.0693 e. The molecular weight excluding hydrogens is 220 g/mol. The number of hydrogen-bond acceptors (Lipinski definition) is 2. The lowest BCUT2D eigenvalue weighted by molar-refractivity contribution is -0.108. The lowest BCUT2D eigenvalue weighted by atomic mass is 9.42. The Hall–Kier alpha value is -1.02. The van der Waals surface area contributed by atoms with Gasteiger partial charge in [0, 0.05) is 6.42 Å². The Morgan fingerprint density at radius 2 is 1.56 bits per heavy atom. The highest BCUT2D eigenvalue weighted by Crippen LogP contribution is 2.66. The average molecular weight is 242 g/mol. The zero-order valence-corrected chi connectivity index (χ0v) is 11.3. The van der Waals surface area contributed by atoms with Gasteiger partial charge in [-0.3, -0.25) is 0 Å². The summed E-state index contributed by atoms with van der Waals surface area (Å²) in [5, 5.41) is 18.6. The molecule has 2 heteroatoms. The quantitative estimate of drug-likeness (QED) is 0.750. The molecule has 4 aliphatic rings. The Kier molecular flexibility index (Phi) is 2.67.